The van der Waals surface area contributed by atoms with Crippen molar-refractivity contribution < 1.29 is 4.79 Å². The fourth-order valence-corrected chi connectivity index (χ4v) is 4.50. The van der Waals surface area contributed by atoms with Crippen LogP contribution in [0.2, 0.25) is 0 Å². The highest BCUT2D eigenvalue weighted by molar-refractivity contribution is 8.14. The van der Waals surface area contributed by atoms with E-state index in [1.165, 1.54) is 29.0 Å². The maximum Gasteiger partial charge on any atom is 0.340 e. The summed E-state index contributed by atoms with van der Waals surface area (Å²) in [7, 11) is -0.224. The van der Waals surface area contributed by atoms with Gasteiger partial charge < -0.3 is 0 Å². The van der Waals surface area contributed by atoms with Crippen LogP contribution in [0, 0.1) is 0 Å². The minimum atomic E-state index is -0.224. The molecule has 0 radical (unpaired) electrons. The lowest BCUT2D eigenvalue weighted by Crippen LogP contribution is -2.41. The molecule has 1 unspecified atom stereocenters. The van der Waals surface area contributed by atoms with E-state index < -0.39 is 0 Å². The Morgan fingerprint density at radius 1 is 1.19 bits per heavy atom. The van der Waals surface area contributed by atoms with Gasteiger partial charge in [0.05, 0.1) is 35.6 Å². The first-order valence-electron chi connectivity index (χ1n) is 7.44. The fraction of sp³-hybridized carbons (Fsp3) is 0.353. The molecule has 21 heavy (non-hydrogen) atoms. The summed E-state index contributed by atoms with van der Waals surface area (Å²) in [4.78, 5) is 13.3. The maximum absolute atomic E-state index is 12.0. The summed E-state index contributed by atoms with van der Waals surface area (Å²) >= 11 is 0. The summed E-state index contributed by atoms with van der Waals surface area (Å²) in [5, 5.41) is 5.10. The van der Waals surface area contributed by atoms with Crippen LogP contribution in [0.3, 0.4) is 0 Å². The first-order valence-corrected chi connectivity index (χ1v) is 9.07. The number of anilines is 1. The highest BCUT2D eigenvalue weighted by Gasteiger charge is 2.42. The predicted octanol–water partition coefficient (Wildman–Crippen LogP) is 2.83. The molecule has 1 aromatic carbocycles. The van der Waals surface area contributed by atoms with Crippen molar-refractivity contribution in [3.05, 3.63) is 53.1 Å². The molecule has 4 heteroatoms. The lowest BCUT2D eigenvalue weighted by atomic mass is 10.2. The number of hydrogen-bond donors (Lipinski definition) is 0. The minimum Gasteiger partial charge on any atom is -0.289 e. The summed E-state index contributed by atoms with van der Waals surface area (Å²) in [5.41, 5.74) is 2.51. The second-order valence-corrected chi connectivity index (χ2v) is 7.76. The van der Waals surface area contributed by atoms with E-state index in [-0.39, 0.29) is 10.9 Å². The average molecular weight is 299 g/mol. The SMILES string of the molecule is C[S+]1C(=O)CC2=C1C=CN(C1CC1)N(c1ccccc1)C2. The van der Waals surface area contributed by atoms with Gasteiger partial charge in [-0.3, -0.25) is 10.0 Å². The van der Waals surface area contributed by atoms with Crippen molar-refractivity contribution in [2.45, 2.75) is 25.3 Å². The number of rotatable bonds is 2. The molecule has 0 spiro atoms. The third-order valence-electron chi connectivity index (χ3n) is 4.35. The van der Waals surface area contributed by atoms with Crippen LogP contribution in [0.25, 0.3) is 0 Å². The zero-order valence-electron chi connectivity index (χ0n) is 12.2. The molecule has 0 N–H and O–H groups in total. The Hall–Kier alpha value is -1.68. The quantitative estimate of drug-likeness (QED) is 0.785. The molecular formula is C17H19N2OS+. The topological polar surface area (TPSA) is 23.6 Å². The van der Waals surface area contributed by atoms with Gasteiger partial charge in [0.2, 0.25) is 0 Å². The highest BCUT2D eigenvalue weighted by Crippen LogP contribution is 2.37. The van der Waals surface area contributed by atoms with E-state index in [9.17, 15) is 4.79 Å². The van der Waals surface area contributed by atoms with Crippen molar-refractivity contribution in [3.63, 3.8) is 0 Å². The number of benzene rings is 1. The zero-order chi connectivity index (χ0) is 14.4. The van der Waals surface area contributed by atoms with Gasteiger partial charge in [0.15, 0.2) is 4.91 Å². The van der Waals surface area contributed by atoms with Crippen molar-refractivity contribution in [1.82, 2.24) is 5.01 Å². The molecule has 1 aromatic rings. The molecule has 3 aliphatic rings. The molecule has 4 rings (SSSR count). The zero-order valence-corrected chi connectivity index (χ0v) is 13.0. The van der Waals surface area contributed by atoms with Crippen LogP contribution in [0.1, 0.15) is 19.3 Å². The summed E-state index contributed by atoms with van der Waals surface area (Å²) in [6.45, 7) is 0.839. The lowest BCUT2D eigenvalue weighted by molar-refractivity contribution is -0.110. The molecular weight excluding hydrogens is 280 g/mol. The number of para-hydroxylation sites is 1. The van der Waals surface area contributed by atoms with Crippen molar-refractivity contribution in [2.75, 3.05) is 17.8 Å². The van der Waals surface area contributed by atoms with Gasteiger partial charge in [-0.15, -0.1) is 0 Å². The first kappa shape index (κ1) is 13.0. The molecule has 0 bridgehead atoms. The van der Waals surface area contributed by atoms with Gasteiger partial charge in [-0.25, -0.2) is 4.79 Å². The molecule has 3 nitrogen and oxygen atoms in total. The monoisotopic (exact) mass is 299 g/mol. The Balaban J connectivity index is 1.72. The Bertz CT molecular complexity index is 633. The van der Waals surface area contributed by atoms with Crippen LogP contribution in [-0.2, 0) is 15.7 Å². The van der Waals surface area contributed by atoms with E-state index in [0.717, 1.165) is 6.54 Å². The Labute approximate surface area is 128 Å². The Morgan fingerprint density at radius 2 is 1.95 bits per heavy atom. The molecule has 1 fully saturated rings. The molecule has 2 heterocycles. The normalized spacial score (nSPS) is 25.4. The van der Waals surface area contributed by atoms with Crippen LogP contribution >= 0.6 is 0 Å². The van der Waals surface area contributed by atoms with Gasteiger partial charge in [-0.2, -0.15) is 0 Å². The standard InChI is InChI=1S/C17H19N2OS/c1-21-16-9-10-18(15-7-8-15)19(12-13(16)11-17(21)20)14-5-3-2-4-6-14/h2-6,9-10,15H,7-8,11-12H2,1H3/q+1. The molecule has 2 aliphatic heterocycles. The molecule has 0 amide bonds. The molecule has 1 saturated carbocycles. The van der Waals surface area contributed by atoms with Crippen LogP contribution in [0.4, 0.5) is 5.69 Å². The second kappa shape index (κ2) is 4.95. The smallest absolute Gasteiger partial charge is 0.289 e. The fourth-order valence-electron chi connectivity index (χ4n) is 3.03. The average Bonchev–Trinajstić information content (AvgIpc) is 3.30. The van der Waals surface area contributed by atoms with E-state index in [2.05, 4.69) is 52.8 Å². The van der Waals surface area contributed by atoms with Crippen molar-refractivity contribution in [2.24, 2.45) is 0 Å². The van der Waals surface area contributed by atoms with Gasteiger partial charge in [0.25, 0.3) is 0 Å². The number of carbonyl (C=O) groups is 1. The number of allylic oxidation sites excluding steroid dienone is 1. The minimum absolute atomic E-state index is 0.224. The van der Waals surface area contributed by atoms with Crippen LogP contribution < -0.4 is 5.01 Å². The van der Waals surface area contributed by atoms with E-state index in [0.29, 0.717) is 17.6 Å². The second-order valence-electron chi connectivity index (χ2n) is 5.85. The molecule has 0 aromatic heterocycles. The van der Waals surface area contributed by atoms with Crippen LogP contribution in [0.15, 0.2) is 53.1 Å². The third-order valence-corrected chi connectivity index (χ3v) is 6.26. The van der Waals surface area contributed by atoms with Crippen molar-refractivity contribution in [3.8, 4) is 0 Å². The van der Waals surface area contributed by atoms with E-state index in [4.69, 9.17) is 0 Å². The van der Waals surface area contributed by atoms with Gasteiger partial charge in [0, 0.05) is 17.8 Å². The highest BCUT2D eigenvalue weighted by atomic mass is 32.2. The van der Waals surface area contributed by atoms with E-state index in [1.54, 1.807) is 0 Å². The molecule has 108 valence electrons. The Morgan fingerprint density at radius 3 is 2.67 bits per heavy atom. The van der Waals surface area contributed by atoms with Crippen molar-refractivity contribution in [1.29, 1.82) is 0 Å². The molecule has 0 saturated heterocycles. The van der Waals surface area contributed by atoms with Gasteiger partial charge >= 0.3 is 5.12 Å². The number of carbonyl (C=O) groups excluding carboxylic acids is 1. The first-order chi connectivity index (χ1) is 10.2. The van der Waals surface area contributed by atoms with Crippen LogP contribution in [-0.4, -0.2) is 29.0 Å². The van der Waals surface area contributed by atoms with E-state index >= 15 is 0 Å². The lowest BCUT2D eigenvalue weighted by Gasteiger charge is -2.35. The Kier molecular flexibility index (Phi) is 3.07. The maximum atomic E-state index is 12.0. The van der Waals surface area contributed by atoms with Gasteiger partial charge in [0.1, 0.15) is 6.26 Å². The number of nitrogens with zero attached hydrogens (tertiary/aromatic N) is 2. The third kappa shape index (κ3) is 2.27. The summed E-state index contributed by atoms with van der Waals surface area (Å²) in [6, 6.07) is 11.1. The van der Waals surface area contributed by atoms with Gasteiger partial charge in [-0.1, -0.05) is 18.2 Å². The number of hydrogen-bond acceptors (Lipinski definition) is 3. The number of hydrazine groups is 1. The van der Waals surface area contributed by atoms with Gasteiger partial charge in [-0.05, 0) is 25.0 Å². The largest absolute Gasteiger partial charge is 0.340 e. The van der Waals surface area contributed by atoms with Crippen LogP contribution in [0.5, 0.6) is 0 Å². The summed E-state index contributed by atoms with van der Waals surface area (Å²) in [6.07, 6.45) is 9.58. The van der Waals surface area contributed by atoms with Crippen molar-refractivity contribution >= 4 is 21.7 Å². The predicted molar refractivity (Wildman–Crippen MR) is 87.7 cm³/mol. The van der Waals surface area contributed by atoms with E-state index in [1.807, 2.05) is 6.07 Å². The molecule has 1 aliphatic carbocycles. The summed E-state index contributed by atoms with van der Waals surface area (Å²) in [5.74, 6) is 0. The molecule has 1 atom stereocenters. The summed E-state index contributed by atoms with van der Waals surface area (Å²) < 4.78 is 0.